The predicted molar refractivity (Wildman–Crippen MR) is 73.6 cm³/mol. The van der Waals surface area contributed by atoms with Crippen LogP contribution >= 0.6 is 0 Å². The van der Waals surface area contributed by atoms with Gasteiger partial charge in [0.1, 0.15) is 0 Å². The lowest BCUT2D eigenvalue weighted by Crippen LogP contribution is -2.29. The summed E-state index contributed by atoms with van der Waals surface area (Å²) in [6.07, 6.45) is 1.05. The smallest absolute Gasteiger partial charge is 0.311 e. The van der Waals surface area contributed by atoms with Gasteiger partial charge in [-0.15, -0.1) is 0 Å². The second-order valence-corrected chi connectivity index (χ2v) is 4.97. The van der Waals surface area contributed by atoms with E-state index in [-0.39, 0.29) is 11.7 Å². The molecule has 2 unspecified atom stereocenters. The van der Waals surface area contributed by atoms with Gasteiger partial charge in [0, 0.05) is 37.0 Å². The van der Waals surface area contributed by atoms with Gasteiger partial charge in [-0.25, -0.2) is 0 Å². The summed E-state index contributed by atoms with van der Waals surface area (Å²) in [4.78, 5) is 12.6. The Bertz CT molecular complexity index is 476. The molecule has 1 heterocycles. The van der Waals surface area contributed by atoms with Crippen LogP contribution in [0.5, 0.6) is 5.75 Å². The van der Waals surface area contributed by atoms with E-state index in [1.807, 2.05) is 6.92 Å². The Morgan fingerprint density at radius 2 is 2.32 bits per heavy atom. The topological polar surface area (TPSA) is 81.6 Å². The molecule has 19 heavy (non-hydrogen) atoms. The van der Waals surface area contributed by atoms with Gasteiger partial charge in [0.25, 0.3) is 0 Å². The first kappa shape index (κ1) is 13.6. The Kier molecular flexibility index (Phi) is 3.90. The van der Waals surface area contributed by atoms with E-state index in [9.17, 15) is 10.1 Å². The fourth-order valence-corrected chi connectivity index (χ4v) is 2.46. The molecule has 0 amide bonds. The van der Waals surface area contributed by atoms with Crippen LogP contribution in [-0.4, -0.2) is 31.2 Å². The SMILES string of the molecule is COc1cc(N2CCC(C(C)N)C2)ccc1[N+](=O)[O-]. The van der Waals surface area contributed by atoms with E-state index in [0.717, 1.165) is 25.2 Å². The van der Waals surface area contributed by atoms with Crippen LogP contribution in [0, 0.1) is 16.0 Å². The number of hydrogen-bond donors (Lipinski definition) is 1. The molecule has 1 fully saturated rings. The van der Waals surface area contributed by atoms with Crippen molar-refractivity contribution in [3.63, 3.8) is 0 Å². The zero-order valence-corrected chi connectivity index (χ0v) is 11.2. The minimum atomic E-state index is -0.433. The maximum atomic E-state index is 10.9. The molecule has 2 atom stereocenters. The van der Waals surface area contributed by atoms with Gasteiger partial charge in [-0.3, -0.25) is 10.1 Å². The molecule has 0 aliphatic carbocycles. The minimum Gasteiger partial charge on any atom is -0.490 e. The van der Waals surface area contributed by atoms with Gasteiger partial charge in [-0.1, -0.05) is 0 Å². The third kappa shape index (κ3) is 2.78. The second-order valence-electron chi connectivity index (χ2n) is 4.97. The standard InChI is InChI=1S/C13H19N3O3/c1-9(14)10-5-6-15(8-10)11-3-4-12(16(17)18)13(7-11)19-2/h3-4,7,9-10H,5-6,8,14H2,1-2H3. The van der Waals surface area contributed by atoms with Gasteiger partial charge in [-0.05, 0) is 25.3 Å². The van der Waals surface area contributed by atoms with Crippen molar-refractivity contribution in [2.24, 2.45) is 11.7 Å². The molecule has 1 saturated heterocycles. The highest BCUT2D eigenvalue weighted by atomic mass is 16.6. The molecule has 2 N–H and O–H groups in total. The molecule has 0 bridgehead atoms. The molecule has 0 spiro atoms. The summed E-state index contributed by atoms with van der Waals surface area (Å²) in [5.41, 5.74) is 6.86. The van der Waals surface area contributed by atoms with Crippen molar-refractivity contribution >= 4 is 11.4 Å². The summed E-state index contributed by atoms with van der Waals surface area (Å²) >= 11 is 0. The van der Waals surface area contributed by atoms with Crippen LogP contribution in [0.1, 0.15) is 13.3 Å². The fraction of sp³-hybridized carbons (Fsp3) is 0.538. The Morgan fingerprint density at radius 3 is 2.84 bits per heavy atom. The maximum absolute atomic E-state index is 10.9. The normalized spacial score (nSPS) is 20.4. The van der Waals surface area contributed by atoms with Crippen molar-refractivity contribution in [3.05, 3.63) is 28.3 Å². The van der Waals surface area contributed by atoms with Crippen LogP contribution in [0.25, 0.3) is 0 Å². The summed E-state index contributed by atoms with van der Waals surface area (Å²) < 4.78 is 5.09. The summed E-state index contributed by atoms with van der Waals surface area (Å²) in [5.74, 6) is 0.771. The molecule has 0 saturated carbocycles. The highest BCUT2D eigenvalue weighted by Crippen LogP contribution is 2.33. The van der Waals surface area contributed by atoms with Gasteiger partial charge < -0.3 is 15.4 Å². The van der Waals surface area contributed by atoms with Gasteiger partial charge in [0.05, 0.1) is 12.0 Å². The van der Waals surface area contributed by atoms with Crippen LogP contribution in [0.15, 0.2) is 18.2 Å². The first-order valence-electron chi connectivity index (χ1n) is 6.36. The Hall–Kier alpha value is -1.82. The van der Waals surface area contributed by atoms with Crippen molar-refractivity contribution in [2.45, 2.75) is 19.4 Å². The van der Waals surface area contributed by atoms with E-state index in [1.165, 1.54) is 13.2 Å². The van der Waals surface area contributed by atoms with E-state index in [0.29, 0.717) is 11.7 Å². The number of benzene rings is 1. The molecule has 2 rings (SSSR count). The summed E-state index contributed by atoms with van der Waals surface area (Å²) in [6.45, 7) is 3.83. The van der Waals surface area contributed by atoms with Gasteiger partial charge >= 0.3 is 5.69 Å². The fourth-order valence-electron chi connectivity index (χ4n) is 2.46. The minimum absolute atomic E-state index is 0.00538. The average molecular weight is 265 g/mol. The highest BCUT2D eigenvalue weighted by Gasteiger charge is 2.26. The van der Waals surface area contributed by atoms with Crippen LogP contribution in [0.2, 0.25) is 0 Å². The second kappa shape index (κ2) is 5.44. The Labute approximate surface area is 112 Å². The van der Waals surface area contributed by atoms with E-state index >= 15 is 0 Å². The molecule has 104 valence electrons. The number of nitrogens with two attached hydrogens (primary N) is 1. The monoisotopic (exact) mass is 265 g/mol. The predicted octanol–water partition coefficient (Wildman–Crippen LogP) is 1.78. The molecule has 6 heteroatoms. The first-order valence-corrected chi connectivity index (χ1v) is 6.36. The number of nitro groups is 1. The molecule has 1 aliphatic rings. The summed E-state index contributed by atoms with van der Waals surface area (Å²) in [7, 11) is 1.45. The van der Waals surface area contributed by atoms with Gasteiger partial charge in [0.2, 0.25) is 0 Å². The number of nitro benzene ring substituents is 1. The van der Waals surface area contributed by atoms with Crippen LogP contribution in [-0.2, 0) is 0 Å². The molecule has 0 aromatic heterocycles. The lowest BCUT2D eigenvalue weighted by Gasteiger charge is -2.20. The third-order valence-electron chi connectivity index (χ3n) is 3.69. The zero-order valence-electron chi connectivity index (χ0n) is 11.2. The largest absolute Gasteiger partial charge is 0.490 e. The molecule has 0 radical (unpaired) electrons. The Balaban J connectivity index is 2.20. The maximum Gasteiger partial charge on any atom is 0.311 e. The van der Waals surface area contributed by atoms with Crippen LogP contribution < -0.4 is 15.4 Å². The molecule has 6 nitrogen and oxygen atoms in total. The van der Waals surface area contributed by atoms with Crippen molar-refractivity contribution < 1.29 is 9.66 Å². The van der Waals surface area contributed by atoms with E-state index in [4.69, 9.17) is 10.5 Å². The molecular formula is C13H19N3O3. The molecule has 1 aromatic rings. The van der Waals surface area contributed by atoms with Crippen molar-refractivity contribution in [1.82, 2.24) is 0 Å². The quantitative estimate of drug-likeness (QED) is 0.663. The van der Waals surface area contributed by atoms with Crippen molar-refractivity contribution in [3.8, 4) is 5.75 Å². The lowest BCUT2D eigenvalue weighted by molar-refractivity contribution is -0.385. The first-order chi connectivity index (χ1) is 9.02. The van der Waals surface area contributed by atoms with E-state index < -0.39 is 4.92 Å². The highest BCUT2D eigenvalue weighted by molar-refractivity contribution is 5.59. The lowest BCUT2D eigenvalue weighted by atomic mass is 10.0. The van der Waals surface area contributed by atoms with Crippen molar-refractivity contribution in [1.29, 1.82) is 0 Å². The third-order valence-corrected chi connectivity index (χ3v) is 3.69. The Morgan fingerprint density at radius 1 is 1.58 bits per heavy atom. The molecule has 1 aliphatic heterocycles. The van der Waals surface area contributed by atoms with E-state index in [1.54, 1.807) is 12.1 Å². The van der Waals surface area contributed by atoms with Crippen LogP contribution in [0.3, 0.4) is 0 Å². The molecule has 1 aromatic carbocycles. The zero-order chi connectivity index (χ0) is 14.0. The van der Waals surface area contributed by atoms with Crippen molar-refractivity contribution in [2.75, 3.05) is 25.1 Å². The molecular weight excluding hydrogens is 246 g/mol. The number of methoxy groups -OCH3 is 1. The van der Waals surface area contributed by atoms with E-state index in [2.05, 4.69) is 4.90 Å². The average Bonchev–Trinajstić information content (AvgIpc) is 2.87. The summed E-state index contributed by atoms with van der Waals surface area (Å²) in [6, 6.07) is 5.16. The van der Waals surface area contributed by atoms with Gasteiger partial charge in [-0.2, -0.15) is 0 Å². The number of ether oxygens (including phenoxy) is 1. The van der Waals surface area contributed by atoms with Gasteiger partial charge in [0.15, 0.2) is 5.75 Å². The number of rotatable bonds is 4. The number of hydrogen-bond acceptors (Lipinski definition) is 5. The number of nitrogens with zero attached hydrogens (tertiary/aromatic N) is 2. The number of anilines is 1. The summed E-state index contributed by atoms with van der Waals surface area (Å²) in [5, 5.41) is 10.9. The van der Waals surface area contributed by atoms with Crippen LogP contribution in [0.4, 0.5) is 11.4 Å².